The van der Waals surface area contributed by atoms with Crippen LogP contribution in [0.15, 0.2) is 72.1 Å². The molecule has 0 heterocycles. The standard InChI is InChI=1S/C19H20O4/c1-3-18(20)22-13-14-5-7-15(8-6-14)16-9-11-17(12-10-16)23-19(21)4-2/h3-5,7,9,11H,1-2,6,8,10,12-13H2. The van der Waals surface area contributed by atoms with Crippen LogP contribution in [0.25, 0.3) is 0 Å². The van der Waals surface area contributed by atoms with Crippen LogP contribution in [0.2, 0.25) is 0 Å². The number of hydrogen-bond acceptors (Lipinski definition) is 4. The first-order valence-corrected chi connectivity index (χ1v) is 7.54. The number of rotatable bonds is 6. The lowest BCUT2D eigenvalue weighted by Gasteiger charge is -2.20. The Labute approximate surface area is 136 Å². The molecule has 0 aromatic rings. The molecule has 0 amide bonds. The molecule has 2 aliphatic carbocycles. The highest BCUT2D eigenvalue weighted by molar-refractivity contribution is 5.82. The fourth-order valence-corrected chi connectivity index (χ4v) is 2.43. The van der Waals surface area contributed by atoms with E-state index in [4.69, 9.17) is 9.47 Å². The number of esters is 2. The molecule has 0 spiro atoms. The molecule has 0 aromatic heterocycles. The molecule has 0 saturated carbocycles. The van der Waals surface area contributed by atoms with Crippen LogP contribution in [-0.2, 0) is 19.1 Å². The van der Waals surface area contributed by atoms with Crippen molar-refractivity contribution in [1.29, 1.82) is 0 Å². The SMILES string of the molecule is C=CC(=O)OCC1=CC=C(C2=CC=C(OC(=O)C=C)CC2)CC1. The Morgan fingerprint density at radius 2 is 1.57 bits per heavy atom. The van der Waals surface area contributed by atoms with Gasteiger partial charge in [0, 0.05) is 18.6 Å². The Kier molecular flexibility index (Phi) is 5.92. The molecule has 0 radical (unpaired) electrons. The molecule has 0 aromatic carbocycles. The third-order valence-electron chi connectivity index (χ3n) is 3.72. The van der Waals surface area contributed by atoms with Crippen molar-refractivity contribution in [2.45, 2.75) is 25.7 Å². The molecule has 2 aliphatic rings. The molecule has 0 unspecified atom stereocenters. The molecule has 0 saturated heterocycles. The molecule has 0 bridgehead atoms. The molecule has 0 atom stereocenters. The van der Waals surface area contributed by atoms with Crippen molar-refractivity contribution in [2.24, 2.45) is 0 Å². The van der Waals surface area contributed by atoms with Crippen LogP contribution in [0, 0.1) is 0 Å². The Bertz CT molecular complexity index is 644. The fraction of sp³-hybridized carbons (Fsp3) is 0.263. The summed E-state index contributed by atoms with van der Waals surface area (Å²) in [7, 11) is 0. The van der Waals surface area contributed by atoms with E-state index in [0.29, 0.717) is 18.8 Å². The van der Waals surface area contributed by atoms with Gasteiger partial charge in [0.25, 0.3) is 0 Å². The third kappa shape index (κ3) is 4.95. The van der Waals surface area contributed by atoms with Crippen LogP contribution >= 0.6 is 0 Å². The lowest BCUT2D eigenvalue weighted by Crippen LogP contribution is -2.08. The summed E-state index contributed by atoms with van der Waals surface area (Å²) in [6, 6.07) is 0. The summed E-state index contributed by atoms with van der Waals surface area (Å²) in [5, 5.41) is 0. The minimum Gasteiger partial charge on any atom is -0.458 e. The predicted molar refractivity (Wildman–Crippen MR) is 88.2 cm³/mol. The summed E-state index contributed by atoms with van der Waals surface area (Å²) in [5.74, 6) is -0.156. The van der Waals surface area contributed by atoms with Gasteiger partial charge < -0.3 is 9.47 Å². The second-order valence-corrected chi connectivity index (χ2v) is 5.28. The van der Waals surface area contributed by atoms with E-state index in [1.54, 1.807) is 0 Å². The van der Waals surface area contributed by atoms with Gasteiger partial charge in [-0.15, -0.1) is 0 Å². The summed E-state index contributed by atoms with van der Waals surface area (Å²) in [4.78, 5) is 22.2. The van der Waals surface area contributed by atoms with Crippen molar-refractivity contribution in [3.63, 3.8) is 0 Å². The van der Waals surface area contributed by atoms with Crippen molar-refractivity contribution in [3.05, 3.63) is 72.1 Å². The van der Waals surface area contributed by atoms with E-state index in [1.165, 1.54) is 17.2 Å². The Morgan fingerprint density at radius 3 is 2.09 bits per heavy atom. The van der Waals surface area contributed by atoms with Gasteiger partial charge in [-0.25, -0.2) is 9.59 Å². The zero-order valence-corrected chi connectivity index (χ0v) is 13.0. The van der Waals surface area contributed by atoms with Gasteiger partial charge in [-0.1, -0.05) is 31.4 Å². The average molecular weight is 312 g/mol. The number of hydrogen-bond donors (Lipinski definition) is 0. The molecule has 120 valence electrons. The highest BCUT2D eigenvalue weighted by Crippen LogP contribution is 2.30. The molecule has 23 heavy (non-hydrogen) atoms. The van der Waals surface area contributed by atoms with Crippen molar-refractivity contribution in [3.8, 4) is 0 Å². The van der Waals surface area contributed by atoms with Crippen LogP contribution in [0.5, 0.6) is 0 Å². The highest BCUT2D eigenvalue weighted by Gasteiger charge is 2.15. The smallest absolute Gasteiger partial charge is 0.335 e. The molecule has 4 heteroatoms. The first-order valence-electron chi connectivity index (χ1n) is 7.54. The number of carbonyl (C=O) groups is 2. The van der Waals surface area contributed by atoms with E-state index in [0.717, 1.165) is 30.9 Å². The van der Waals surface area contributed by atoms with E-state index >= 15 is 0 Å². The lowest BCUT2D eigenvalue weighted by molar-refractivity contribution is -0.137. The molecule has 0 fully saturated rings. The van der Waals surface area contributed by atoms with Crippen molar-refractivity contribution in [2.75, 3.05) is 6.61 Å². The Balaban J connectivity index is 1.95. The van der Waals surface area contributed by atoms with E-state index in [-0.39, 0.29) is 0 Å². The third-order valence-corrected chi connectivity index (χ3v) is 3.72. The maximum absolute atomic E-state index is 11.2. The first kappa shape index (κ1) is 16.7. The Hall–Kier alpha value is -2.62. The van der Waals surface area contributed by atoms with Crippen molar-refractivity contribution < 1.29 is 19.1 Å². The second-order valence-electron chi connectivity index (χ2n) is 5.28. The Morgan fingerprint density at radius 1 is 0.913 bits per heavy atom. The van der Waals surface area contributed by atoms with Gasteiger partial charge in [-0.3, -0.25) is 0 Å². The van der Waals surface area contributed by atoms with Crippen LogP contribution in [-0.4, -0.2) is 18.5 Å². The van der Waals surface area contributed by atoms with Crippen molar-refractivity contribution >= 4 is 11.9 Å². The summed E-state index contributed by atoms with van der Waals surface area (Å²) < 4.78 is 10.2. The van der Waals surface area contributed by atoms with E-state index in [2.05, 4.69) is 19.2 Å². The molecule has 4 nitrogen and oxygen atoms in total. The van der Waals surface area contributed by atoms with E-state index in [1.807, 2.05) is 18.2 Å². The quantitative estimate of drug-likeness (QED) is 0.554. The summed E-state index contributed by atoms with van der Waals surface area (Å²) >= 11 is 0. The molecule has 2 rings (SSSR count). The van der Waals surface area contributed by atoms with E-state index < -0.39 is 11.9 Å². The highest BCUT2D eigenvalue weighted by atomic mass is 16.5. The maximum Gasteiger partial charge on any atom is 0.335 e. The van der Waals surface area contributed by atoms with E-state index in [9.17, 15) is 9.59 Å². The summed E-state index contributed by atoms with van der Waals surface area (Å²) in [5.41, 5.74) is 3.62. The van der Waals surface area contributed by atoms with Crippen LogP contribution < -0.4 is 0 Å². The number of ether oxygens (including phenoxy) is 2. The largest absolute Gasteiger partial charge is 0.458 e. The van der Waals surface area contributed by atoms with Crippen LogP contribution in [0.4, 0.5) is 0 Å². The fourth-order valence-electron chi connectivity index (χ4n) is 2.43. The monoisotopic (exact) mass is 312 g/mol. The van der Waals surface area contributed by atoms with Gasteiger partial charge >= 0.3 is 11.9 Å². The van der Waals surface area contributed by atoms with Gasteiger partial charge in [0.2, 0.25) is 0 Å². The predicted octanol–water partition coefficient (Wildman–Crippen LogP) is 3.70. The second kappa shape index (κ2) is 8.13. The van der Waals surface area contributed by atoms with Gasteiger partial charge in [-0.05, 0) is 42.1 Å². The molecular weight excluding hydrogens is 292 g/mol. The molecule has 0 aliphatic heterocycles. The van der Waals surface area contributed by atoms with Gasteiger partial charge in [-0.2, -0.15) is 0 Å². The minimum absolute atomic E-state index is 0.315. The number of allylic oxidation sites excluding steroid dienone is 7. The van der Waals surface area contributed by atoms with Gasteiger partial charge in [0.1, 0.15) is 12.4 Å². The van der Waals surface area contributed by atoms with Crippen molar-refractivity contribution in [1.82, 2.24) is 0 Å². The first-order chi connectivity index (χ1) is 11.1. The normalized spacial score (nSPS) is 17.0. The maximum atomic E-state index is 11.2. The van der Waals surface area contributed by atoms with Gasteiger partial charge in [0.05, 0.1) is 0 Å². The zero-order valence-electron chi connectivity index (χ0n) is 13.0. The molecular formula is C19H20O4. The zero-order chi connectivity index (χ0) is 16.7. The molecule has 0 N–H and O–H groups in total. The lowest BCUT2D eigenvalue weighted by atomic mass is 9.89. The average Bonchev–Trinajstić information content (AvgIpc) is 2.60. The number of carbonyl (C=O) groups excluding carboxylic acids is 2. The minimum atomic E-state index is -0.424. The van der Waals surface area contributed by atoms with Crippen LogP contribution in [0.1, 0.15) is 25.7 Å². The summed E-state index contributed by atoms with van der Waals surface area (Å²) in [6.45, 7) is 7.07. The van der Waals surface area contributed by atoms with Crippen LogP contribution in [0.3, 0.4) is 0 Å². The summed E-state index contributed by atoms with van der Waals surface area (Å²) in [6.07, 6.45) is 13.6. The topological polar surface area (TPSA) is 52.6 Å². The van der Waals surface area contributed by atoms with Gasteiger partial charge in [0.15, 0.2) is 0 Å².